The van der Waals surface area contributed by atoms with E-state index in [-0.39, 0.29) is 10.8 Å². The Bertz CT molecular complexity index is 1070. The van der Waals surface area contributed by atoms with Crippen LogP contribution in [0.4, 0.5) is 11.4 Å². The second kappa shape index (κ2) is 8.98. The number of sulfonamides is 1. The van der Waals surface area contributed by atoms with Crippen molar-refractivity contribution < 1.29 is 17.9 Å². The van der Waals surface area contributed by atoms with Gasteiger partial charge in [-0.3, -0.25) is 4.79 Å². The lowest BCUT2D eigenvalue weighted by molar-refractivity contribution is 0.0730. The predicted octanol–water partition coefficient (Wildman–Crippen LogP) is 3.18. The molecular weight excluding hydrogens is 414 g/mol. The van der Waals surface area contributed by atoms with Gasteiger partial charge in [-0.05, 0) is 56.5 Å². The van der Waals surface area contributed by atoms with E-state index in [1.165, 1.54) is 4.31 Å². The molecule has 0 unspecified atom stereocenters. The van der Waals surface area contributed by atoms with Crippen LogP contribution >= 0.6 is 0 Å². The largest absolute Gasteiger partial charge is 0.379 e. The highest BCUT2D eigenvalue weighted by Gasteiger charge is 2.28. The molecule has 0 atom stereocenters. The van der Waals surface area contributed by atoms with Gasteiger partial charge in [0.25, 0.3) is 5.91 Å². The Morgan fingerprint density at radius 2 is 1.68 bits per heavy atom. The van der Waals surface area contributed by atoms with Crippen LogP contribution in [0.25, 0.3) is 0 Å². The highest BCUT2D eigenvalue weighted by atomic mass is 32.2. The molecule has 4 rings (SSSR count). The average Bonchev–Trinajstić information content (AvgIpc) is 3.29. The van der Waals surface area contributed by atoms with Crippen LogP contribution in [0.2, 0.25) is 0 Å². The normalized spacial score (nSPS) is 17.7. The Labute approximate surface area is 184 Å². The summed E-state index contributed by atoms with van der Waals surface area (Å²) in [5, 5.41) is 2.99. The summed E-state index contributed by atoms with van der Waals surface area (Å²) in [6.07, 6.45) is 2.16. The molecule has 1 N–H and O–H groups in total. The summed E-state index contributed by atoms with van der Waals surface area (Å²) >= 11 is 0. The second-order valence-electron chi connectivity index (χ2n) is 8.16. The molecule has 1 amide bonds. The number of hydrogen-bond donors (Lipinski definition) is 1. The van der Waals surface area contributed by atoms with Gasteiger partial charge in [-0.1, -0.05) is 17.7 Å². The van der Waals surface area contributed by atoms with E-state index in [1.54, 1.807) is 12.1 Å². The fourth-order valence-electron chi connectivity index (χ4n) is 4.20. The number of morpholine rings is 1. The number of carbonyl (C=O) groups excluding carboxylic acids is 1. The van der Waals surface area contributed by atoms with E-state index < -0.39 is 10.0 Å². The Kier molecular flexibility index (Phi) is 6.31. The first-order valence-electron chi connectivity index (χ1n) is 10.7. The number of benzene rings is 2. The van der Waals surface area contributed by atoms with Crippen LogP contribution in [-0.4, -0.2) is 58.0 Å². The molecule has 0 saturated carbocycles. The van der Waals surface area contributed by atoms with Gasteiger partial charge in [0.1, 0.15) is 0 Å². The molecule has 2 aliphatic rings. The number of amides is 1. The molecule has 8 heteroatoms. The maximum Gasteiger partial charge on any atom is 0.255 e. The van der Waals surface area contributed by atoms with Gasteiger partial charge in [-0.15, -0.1) is 0 Å². The van der Waals surface area contributed by atoms with Crippen LogP contribution in [0, 0.1) is 13.8 Å². The first-order valence-corrected chi connectivity index (χ1v) is 12.2. The van der Waals surface area contributed by atoms with E-state index >= 15 is 0 Å². The Morgan fingerprint density at radius 3 is 2.35 bits per heavy atom. The SMILES string of the molecule is Cc1ccc(C(=O)Nc2cc(S(=O)(=O)N3CCOCC3)ccc2N2CCCC2)c(C)c1. The molecule has 0 aromatic heterocycles. The molecule has 0 spiro atoms. The van der Waals surface area contributed by atoms with Crippen molar-refractivity contribution in [3.8, 4) is 0 Å². The number of anilines is 2. The standard InChI is InChI=1S/C23H29N3O4S/c1-17-5-7-20(18(2)15-17)23(27)24-21-16-19(6-8-22(21)25-9-3-4-10-25)31(28,29)26-11-13-30-14-12-26/h5-8,15-16H,3-4,9-14H2,1-2H3,(H,24,27). The van der Waals surface area contributed by atoms with Gasteiger partial charge in [-0.2, -0.15) is 4.31 Å². The van der Waals surface area contributed by atoms with Crippen LogP contribution in [0.3, 0.4) is 0 Å². The highest BCUT2D eigenvalue weighted by molar-refractivity contribution is 7.89. The van der Waals surface area contributed by atoms with Crippen LogP contribution in [0.5, 0.6) is 0 Å². The van der Waals surface area contributed by atoms with E-state index in [9.17, 15) is 13.2 Å². The lowest BCUT2D eigenvalue weighted by atomic mass is 10.1. The van der Waals surface area contributed by atoms with E-state index in [1.807, 2.05) is 38.1 Å². The first kappa shape index (κ1) is 21.8. The van der Waals surface area contributed by atoms with Crippen molar-refractivity contribution in [1.29, 1.82) is 0 Å². The molecule has 166 valence electrons. The molecular formula is C23H29N3O4S. The summed E-state index contributed by atoms with van der Waals surface area (Å²) in [4.78, 5) is 15.5. The number of hydrogen-bond acceptors (Lipinski definition) is 5. The van der Waals surface area contributed by atoms with Gasteiger partial charge in [0.2, 0.25) is 10.0 Å². The minimum absolute atomic E-state index is 0.188. The Balaban J connectivity index is 1.69. The highest BCUT2D eigenvalue weighted by Crippen LogP contribution is 2.33. The van der Waals surface area contributed by atoms with Gasteiger partial charge >= 0.3 is 0 Å². The van der Waals surface area contributed by atoms with Crippen molar-refractivity contribution in [2.45, 2.75) is 31.6 Å². The third-order valence-electron chi connectivity index (χ3n) is 5.90. The summed E-state index contributed by atoms with van der Waals surface area (Å²) in [6, 6.07) is 10.7. The molecule has 0 radical (unpaired) electrons. The summed E-state index contributed by atoms with van der Waals surface area (Å²) in [7, 11) is -3.66. The number of carbonyl (C=O) groups is 1. The number of ether oxygens (including phenoxy) is 1. The molecule has 2 aliphatic heterocycles. The van der Waals surface area contributed by atoms with E-state index in [4.69, 9.17) is 4.74 Å². The second-order valence-corrected chi connectivity index (χ2v) is 10.1. The quantitative estimate of drug-likeness (QED) is 0.768. The average molecular weight is 444 g/mol. The van der Waals surface area contributed by atoms with Gasteiger partial charge in [0.15, 0.2) is 0 Å². The van der Waals surface area contributed by atoms with Crippen LogP contribution in [0.15, 0.2) is 41.3 Å². The monoisotopic (exact) mass is 443 g/mol. The van der Waals surface area contributed by atoms with Crippen molar-refractivity contribution in [1.82, 2.24) is 4.31 Å². The summed E-state index contributed by atoms with van der Waals surface area (Å²) in [6.45, 7) is 7.12. The van der Waals surface area contributed by atoms with Crippen LogP contribution in [-0.2, 0) is 14.8 Å². The number of nitrogens with one attached hydrogen (secondary N) is 1. The fraction of sp³-hybridized carbons (Fsp3) is 0.435. The number of rotatable bonds is 5. The van der Waals surface area contributed by atoms with E-state index in [2.05, 4.69) is 10.2 Å². The third kappa shape index (κ3) is 4.61. The van der Waals surface area contributed by atoms with Crippen molar-refractivity contribution in [3.05, 3.63) is 53.1 Å². The van der Waals surface area contributed by atoms with Gasteiger partial charge < -0.3 is 15.0 Å². The van der Waals surface area contributed by atoms with E-state index in [0.29, 0.717) is 37.6 Å². The predicted molar refractivity (Wildman–Crippen MR) is 121 cm³/mol. The fourth-order valence-corrected chi connectivity index (χ4v) is 5.64. The van der Waals surface area contributed by atoms with Gasteiger partial charge in [0.05, 0.1) is 29.5 Å². The minimum Gasteiger partial charge on any atom is -0.379 e. The topological polar surface area (TPSA) is 79.0 Å². The Morgan fingerprint density at radius 1 is 0.968 bits per heavy atom. The minimum atomic E-state index is -3.66. The molecule has 0 aliphatic carbocycles. The smallest absolute Gasteiger partial charge is 0.255 e. The molecule has 2 saturated heterocycles. The molecule has 31 heavy (non-hydrogen) atoms. The van der Waals surface area contributed by atoms with Crippen molar-refractivity contribution in [3.63, 3.8) is 0 Å². The van der Waals surface area contributed by atoms with Gasteiger partial charge in [0, 0.05) is 31.7 Å². The molecule has 0 bridgehead atoms. The lowest BCUT2D eigenvalue weighted by Crippen LogP contribution is -2.40. The number of aryl methyl sites for hydroxylation is 2. The zero-order valence-corrected chi connectivity index (χ0v) is 18.9. The van der Waals surface area contributed by atoms with Crippen LogP contribution < -0.4 is 10.2 Å². The molecule has 2 aromatic carbocycles. The van der Waals surface area contributed by atoms with E-state index in [0.717, 1.165) is 42.7 Å². The molecule has 2 heterocycles. The van der Waals surface area contributed by atoms with Crippen molar-refractivity contribution in [2.75, 3.05) is 49.6 Å². The van der Waals surface area contributed by atoms with Gasteiger partial charge in [-0.25, -0.2) is 8.42 Å². The van der Waals surface area contributed by atoms with Crippen LogP contribution in [0.1, 0.15) is 34.3 Å². The Hall–Kier alpha value is -2.42. The van der Waals surface area contributed by atoms with Crippen molar-refractivity contribution in [2.24, 2.45) is 0 Å². The zero-order chi connectivity index (χ0) is 22.0. The maximum atomic E-state index is 13.2. The maximum absolute atomic E-state index is 13.2. The zero-order valence-electron chi connectivity index (χ0n) is 18.1. The lowest BCUT2D eigenvalue weighted by Gasteiger charge is -2.27. The summed E-state index contributed by atoms with van der Waals surface area (Å²) < 4.78 is 33.1. The molecule has 2 aromatic rings. The molecule has 7 nitrogen and oxygen atoms in total. The summed E-state index contributed by atoms with van der Waals surface area (Å²) in [5.74, 6) is -0.237. The number of nitrogens with zero attached hydrogens (tertiary/aromatic N) is 2. The third-order valence-corrected chi connectivity index (χ3v) is 7.79. The summed E-state index contributed by atoms with van der Waals surface area (Å²) in [5.41, 5.74) is 3.94. The first-order chi connectivity index (χ1) is 14.9. The molecule has 2 fully saturated rings. The van der Waals surface area contributed by atoms with Crippen molar-refractivity contribution >= 4 is 27.3 Å².